The number of esters is 4. The molecule has 0 bridgehead atoms. The van der Waals surface area contributed by atoms with Gasteiger partial charge < -0.3 is 33.8 Å². The maximum absolute atomic E-state index is 13.1. The Hall–Kier alpha value is -4.28. The van der Waals surface area contributed by atoms with E-state index in [9.17, 15) is 43.2 Å². The maximum Gasteiger partial charge on any atom is 0.472 e. The Bertz CT molecular complexity index is 2320. The molecule has 0 amide bonds. The number of aliphatic hydroxyl groups excluding tert-OH is 1. The lowest BCUT2D eigenvalue weighted by atomic mass is 10.1. The van der Waals surface area contributed by atoms with E-state index >= 15 is 0 Å². The van der Waals surface area contributed by atoms with Crippen LogP contribution < -0.4 is 0 Å². The summed E-state index contributed by atoms with van der Waals surface area (Å²) in [6, 6.07) is 0. The van der Waals surface area contributed by atoms with E-state index in [1.807, 2.05) is 0 Å². The lowest BCUT2D eigenvalue weighted by Gasteiger charge is -2.21. The summed E-state index contributed by atoms with van der Waals surface area (Å²) in [5.41, 5.74) is 0. The zero-order valence-corrected chi connectivity index (χ0v) is 64.6. The van der Waals surface area contributed by atoms with Gasteiger partial charge in [-0.15, -0.1) is 0 Å². The van der Waals surface area contributed by atoms with Gasteiger partial charge in [-0.2, -0.15) is 0 Å². The number of ether oxygens (including phenoxy) is 4. The second-order valence-corrected chi connectivity index (χ2v) is 28.8. The van der Waals surface area contributed by atoms with Crippen molar-refractivity contribution >= 4 is 39.5 Å². The fourth-order valence-corrected chi connectivity index (χ4v) is 11.9. The summed E-state index contributed by atoms with van der Waals surface area (Å²) < 4.78 is 68.5. The molecule has 0 aliphatic carbocycles. The zero-order valence-electron chi connectivity index (χ0n) is 62.8. The summed E-state index contributed by atoms with van der Waals surface area (Å²) in [7, 11) is -9.96. The number of hydrogen-bond acceptors (Lipinski definition) is 15. The Morgan fingerprint density at radius 2 is 0.520 bits per heavy atom. The van der Waals surface area contributed by atoms with Gasteiger partial charge >= 0.3 is 39.5 Å². The van der Waals surface area contributed by atoms with Crippen molar-refractivity contribution < 1.29 is 80.2 Å². The van der Waals surface area contributed by atoms with Gasteiger partial charge in [-0.3, -0.25) is 37.3 Å². The van der Waals surface area contributed by atoms with Crippen molar-refractivity contribution in [3.8, 4) is 0 Å². The predicted molar refractivity (Wildman–Crippen MR) is 408 cm³/mol. The molecule has 5 atom stereocenters. The minimum atomic E-state index is -4.98. The quantitative estimate of drug-likeness (QED) is 0.0169. The van der Waals surface area contributed by atoms with E-state index < -0.39 is 97.5 Å². The third kappa shape index (κ3) is 72.1. The number of aliphatic hydroxyl groups is 1. The van der Waals surface area contributed by atoms with Crippen LogP contribution in [-0.2, 0) is 65.4 Å². The molecule has 0 saturated heterocycles. The van der Waals surface area contributed by atoms with Crippen LogP contribution in [0.5, 0.6) is 0 Å². The van der Waals surface area contributed by atoms with Crippen molar-refractivity contribution in [1.82, 2.24) is 0 Å². The molecule has 0 aliphatic heterocycles. The predicted octanol–water partition coefficient (Wildman–Crippen LogP) is 22.6. The number of phosphoric ester groups is 2. The molecule has 0 aromatic rings. The summed E-state index contributed by atoms with van der Waals surface area (Å²) in [5, 5.41) is 10.6. The second kappa shape index (κ2) is 73.0. The molecule has 17 nitrogen and oxygen atoms in total. The zero-order chi connectivity index (χ0) is 73.2. The van der Waals surface area contributed by atoms with Gasteiger partial charge in [0.2, 0.25) is 0 Å². The highest BCUT2D eigenvalue weighted by atomic mass is 31.2. The van der Waals surface area contributed by atoms with E-state index in [1.54, 1.807) is 0 Å². The van der Waals surface area contributed by atoms with Crippen molar-refractivity contribution in [2.75, 3.05) is 39.6 Å². The highest BCUT2D eigenvalue weighted by Gasteiger charge is 2.30. The summed E-state index contributed by atoms with van der Waals surface area (Å²) in [4.78, 5) is 72.9. The molecule has 0 fully saturated rings. The third-order valence-electron chi connectivity index (χ3n) is 16.2. The topological polar surface area (TPSA) is 237 Å². The van der Waals surface area contributed by atoms with Gasteiger partial charge in [0.15, 0.2) is 12.2 Å². The molecule has 0 aromatic carbocycles. The van der Waals surface area contributed by atoms with Gasteiger partial charge in [-0.1, -0.05) is 278 Å². The van der Waals surface area contributed by atoms with E-state index in [-0.39, 0.29) is 25.7 Å². The van der Waals surface area contributed by atoms with Crippen LogP contribution in [0.4, 0.5) is 0 Å². The number of unbranched alkanes of at least 4 members (excludes halogenated alkanes) is 29. The standard InChI is InChI=1S/C81H140O17P2/c1-5-9-13-17-21-25-29-32-35-36-37-38-41-43-47-50-54-58-62-66-79(84)92-72-77(98-81(86)68-64-60-56-52-48-44-40-34-31-27-23-19-15-11-7-3)74-96-100(89,90)94-70-75(82)69-93-99(87,88)95-73-76(97-80(85)67-63-59-55-51-45-28-24-20-16-12-8-4)71-91-78(83)65-61-57-53-49-46-42-39-33-30-26-22-18-14-10-6-2/h9,11,13,15,21-23,25-27,32-35,37-40,75-77,82H,5-8,10,12,14,16-20,24,28-31,36,41-74H2,1-4H3,(H,87,88)(H,89,90)/b13-9-,15-11-,25-21-,26-22-,27-23-,35-32-,38-37-,39-33-,40-34-. The van der Waals surface area contributed by atoms with Crippen molar-refractivity contribution in [3.05, 3.63) is 109 Å². The average Bonchev–Trinajstić information content (AvgIpc) is 0.985. The number of phosphoric acid groups is 2. The molecule has 0 saturated carbocycles. The summed E-state index contributed by atoms with van der Waals surface area (Å²) in [6.07, 6.45) is 77.8. The first-order chi connectivity index (χ1) is 48.7. The van der Waals surface area contributed by atoms with Gasteiger partial charge in [0.25, 0.3) is 0 Å². The van der Waals surface area contributed by atoms with Crippen molar-refractivity contribution in [3.63, 3.8) is 0 Å². The first-order valence-corrected chi connectivity index (χ1v) is 42.1. The average molecular weight is 1450 g/mol. The Labute approximate surface area is 607 Å². The Kier molecular flexibility index (Phi) is 69.9. The van der Waals surface area contributed by atoms with Crippen LogP contribution in [0.3, 0.4) is 0 Å². The molecule has 0 spiro atoms. The first-order valence-electron chi connectivity index (χ1n) is 39.1. The second-order valence-electron chi connectivity index (χ2n) is 25.9. The van der Waals surface area contributed by atoms with Crippen LogP contribution >= 0.6 is 15.6 Å². The van der Waals surface area contributed by atoms with Crippen LogP contribution in [0.25, 0.3) is 0 Å². The van der Waals surface area contributed by atoms with Crippen molar-refractivity contribution in [2.24, 2.45) is 0 Å². The molecule has 100 heavy (non-hydrogen) atoms. The molecular formula is C81H140O17P2. The lowest BCUT2D eigenvalue weighted by molar-refractivity contribution is -0.161. The molecule has 0 aliphatic rings. The van der Waals surface area contributed by atoms with Crippen molar-refractivity contribution in [2.45, 2.75) is 341 Å². The molecule has 0 rings (SSSR count). The fraction of sp³-hybridized carbons (Fsp3) is 0.728. The van der Waals surface area contributed by atoms with Gasteiger partial charge in [-0.25, -0.2) is 9.13 Å². The normalized spacial score (nSPS) is 14.5. The SMILES string of the molecule is CC/C=C\C/C=C\C/C=C\C/C=C\CCCCCCCCC(=O)OCC(COP(=O)(O)OCC(O)COP(=O)(O)OCC(COC(=O)CCCCCCC/C=C\C/C=C\CCCCC)OC(=O)CCCCCCCCCCCCC)OC(=O)CCCCCCC/C=C\C/C=C\C/C=C\CC. The Balaban J connectivity index is 5.35. The van der Waals surface area contributed by atoms with E-state index in [1.165, 1.54) is 57.8 Å². The van der Waals surface area contributed by atoms with Crippen LogP contribution in [0.15, 0.2) is 109 Å². The van der Waals surface area contributed by atoms with Gasteiger partial charge in [-0.05, 0) is 128 Å². The number of carbonyl (C=O) groups excluding carboxylic acids is 4. The highest BCUT2D eigenvalue weighted by molar-refractivity contribution is 7.47. The molecule has 0 radical (unpaired) electrons. The summed E-state index contributed by atoms with van der Waals surface area (Å²) in [5.74, 6) is -2.21. The fourth-order valence-electron chi connectivity index (χ4n) is 10.3. The minimum absolute atomic E-state index is 0.0708. The van der Waals surface area contributed by atoms with Crippen LogP contribution in [-0.4, -0.2) is 96.7 Å². The number of hydrogen-bond donors (Lipinski definition) is 3. The molecule has 3 N–H and O–H groups in total. The molecule has 0 aromatic heterocycles. The molecule has 19 heteroatoms. The van der Waals surface area contributed by atoms with Gasteiger partial charge in [0.05, 0.1) is 26.4 Å². The molecule has 576 valence electrons. The third-order valence-corrected chi connectivity index (χ3v) is 18.1. The molecular weight excluding hydrogens is 1310 g/mol. The summed E-state index contributed by atoms with van der Waals surface area (Å²) in [6.45, 7) is 4.59. The number of allylic oxidation sites excluding steroid dienone is 18. The maximum atomic E-state index is 13.1. The minimum Gasteiger partial charge on any atom is -0.462 e. The van der Waals surface area contributed by atoms with Crippen LogP contribution in [0.2, 0.25) is 0 Å². The van der Waals surface area contributed by atoms with E-state index in [0.717, 1.165) is 186 Å². The number of carbonyl (C=O) groups is 4. The highest BCUT2D eigenvalue weighted by Crippen LogP contribution is 2.45. The Morgan fingerprint density at radius 3 is 0.820 bits per heavy atom. The van der Waals surface area contributed by atoms with Crippen LogP contribution in [0.1, 0.15) is 323 Å². The van der Waals surface area contributed by atoms with E-state index in [2.05, 4.69) is 137 Å². The smallest absolute Gasteiger partial charge is 0.462 e. The van der Waals surface area contributed by atoms with Crippen LogP contribution in [0, 0.1) is 0 Å². The van der Waals surface area contributed by atoms with Gasteiger partial charge in [0, 0.05) is 25.7 Å². The largest absolute Gasteiger partial charge is 0.472 e. The lowest BCUT2D eigenvalue weighted by Crippen LogP contribution is -2.30. The van der Waals surface area contributed by atoms with Gasteiger partial charge in [0.1, 0.15) is 19.3 Å². The molecule has 0 heterocycles. The number of rotatable bonds is 73. The van der Waals surface area contributed by atoms with Crippen molar-refractivity contribution in [1.29, 1.82) is 0 Å². The first kappa shape index (κ1) is 95.7. The Morgan fingerprint density at radius 1 is 0.290 bits per heavy atom. The molecule has 5 unspecified atom stereocenters. The summed E-state index contributed by atoms with van der Waals surface area (Å²) >= 11 is 0. The van der Waals surface area contributed by atoms with E-state index in [4.69, 9.17) is 37.0 Å². The van der Waals surface area contributed by atoms with E-state index in [0.29, 0.717) is 25.7 Å². The monoisotopic (exact) mass is 1450 g/mol.